The first-order valence-electron chi connectivity index (χ1n) is 5.12. The van der Waals surface area contributed by atoms with Gasteiger partial charge in [-0.2, -0.15) is 0 Å². The monoisotopic (exact) mass is 347 g/mol. The molecule has 0 aliphatic rings. The second-order valence-electron chi connectivity index (χ2n) is 3.69. The van der Waals surface area contributed by atoms with Gasteiger partial charge in [0.05, 0.1) is 5.69 Å². The van der Waals surface area contributed by atoms with Crippen LogP contribution in [0.1, 0.15) is 0 Å². The molecule has 0 saturated heterocycles. The van der Waals surface area contributed by atoms with E-state index in [0.29, 0.717) is 10.5 Å². The molecule has 2 aromatic carbocycles. The summed E-state index contributed by atoms with van der Waals surface area (Å²) in [5.41, 5.74) is -0.173. The SMILES string of the molecule is O=S(=O)(Nc1cc(F)cc(F)c1)c1ccccc1Br. The van der Waals surface area contributed by atoms with Gasteiger partial charge in [0, 0.05) is 10.5 Å². The van der Waals surface area contributed by atoms with E-state index in [-0.39, 0.29) is 10.6 Å². The Balaban J connectivity index is 2.39. The van der Waals surface area contributed by atoms with E-state index in [2.05, 4.69) is 20.7 Å². The zero-order valence-electron chi connectivity index (χ0n) is 9.40. The van der Waals surface area contributed by atoms with Crippen molar-refractivity contribution in [1.29, 1.82) is 0 Å². The summed E-state index contributed by atoms with van der Waals surface area (Å²) in [4.78, 5) is -0.0142. The van der Waals surface area contributed by atoms with E-state index < -0.39 is 21.7 Å². The summed E-state index contributed by atoms with van der Waals surface area (Å²) in [6, 6.07) is 8.60. The van der Waals surface area contributed by atoms with Crippen LogP contribution >= 0.6 is 15.9 Å². The fourth-order valence-corrected chi connectivity index (χ4v) is 3.53. The van der Waals surface area contributed by atoms with Crippen molar-refractivity contribution in [1.82, 2.24) is 0 Å². The Morgan fingerprint density at radius 2 is 1.58 bits per heavy atom. The van der Waals surface area contributed by atoms with E-state index in [1.54, 1.807) is 18.2 Å². The highest BCUT2D eigenvalue weighted by Gasteiger charge is 2.17. The lowest BCUT2D eigenvalue weighted by Gasteiger charge is -2.09. The average molecular weight is 348 g/mol. The molecule has 100 valence electrons. The Labute approximate surface area is 117 Å². The van der Waals surface area contributed by atoms with Crippen molar-refractivity contribution >= 4 is 31.6 Å². The summed E-state index contributed by atoms with van der Waals surface area (Å²) in [5.74, 6) is -1.71. The number of nitrogens with one attached hydrogen (secondary N) is 1. The summed E-state index contributed by atoms with van der Waals surface area (Å²) in [7, 11) is -3.91. The smallest absolute Gasteiger partial charge is 0.263 e. The zero-order chi connectivity index (χ0) is 14.0. The number of anilines is 1. The Bertz CT molecular complexity index is 699. The first-order valence-corrected chi connectivity index (χ1v) is 7.39. The molecule has 0 aliphatic heterocycles. The number of rotatable bonds is 3. The fraction of sp³-hybridized carbons (Fsp3) is 0. The van der Waals surface area contributed by atoms with Gasteiger partial charge in [-0.3, -0.25) is 4.72 Å². The second kappa shape index (κ2) is 5.26. The van der Waals surface area contributed by atoms with Crippen molar-refractivity contribution in [2.45, 2.75) is 4.90 Å². The van der Waals surface area contributed by atoms with E-state index in [0.717, 1.165) is 12.1 Å². The normalized spacial score (nSPS) is 11.3. The van der Waals surface area contributed by atoms with Crippen LogP contribution in [-0.4, -0.2) is 8.42 Å². The molecule has 0 heterocycles. The molecule has 3 nitrogen and oxygen atoms in total. The van der Waals surface area contributed by atoms with Gasteiger partial charge >= 0.3 is 0 Å². The third-order valence-corrected chi connectivity index (χ3v) is 4.63. The predicted octanol–water partition coefficient (Wildman–Crippen LogP) is 3.53. The third kappa shape index (κ3) is 3.30. The maximum Gasteiger partial charge on any atom is 0.263 e. The van der Waals surface area contributed by atoms with Crippen molar-refractivity contribution in [2.75, 3.05) is 4.72 Å². The minimum atomic E-state index is -3.91. The van der Waals surface area contributed by atoms with E-state index in [1.165, 1.54) is 6.07 Å². The largest absolute Gasteiger partial charge is 0.279 e. The first-order chi connectivity index (χ1) is 8.88. The maximum atomic E-state index is 13.0. The maximum absolute atomic E-state index is 13.0. The molecule has 0 saturated carbocycles. The summed E-state index contributed by atoms with van der Waals surface area (Å²) in [6.45, 7) is 0. The number of halogens is 3. The van der Waals surface area contributed by atoms with Gasteiger partial charge < -0.3 is 0 Å². The third-order valence-electron chi connectivity index (χ3n) is 2.24. The molecular weight excluding hydrogens is 340 g/mol. The Hall–Kier alpha value is -1.47. The average Bonchev–Trinajstić information content (AvgIpc) is 2.26. The Morgan fingerprint density at radius 1 is 1.00 bits per heavy atom. The lowest BCUT2D eigenvalue weighted by atomic mass is 10.3. The van der Waals surface area contributed by atoms with Gasteiger partial charge in [-0.25, -0.2) is 17.2 Å². The fourth-order valence-electron chi connectivity index (χ4n) is 1.49. The number of hydrogen-bond donors (Lipinski definition) is 1. The first kappa shape index (κ1) is 14.0. The van der Waals surface area contributed by atoms with Crippen LogP contribution < -0.4 is 4.72 Å². The molecule has 0 atom stereocenters. The molecule has 2 rings (SSSR count). The Kier molecular flexibility index (Phi) is 3.86. The Morgan fingerprint density at radius 3 is 2.16 bits per heavy atom. The molecule has 0 radical (unpaired) electrons. The zero-order valence-corrected chi connectivity index (χ0v) is 11.8. The molecule has 0 spiro atoms. The van der Waals surface area contributed by atoms with Crippen molar-refractivity contribution in [3.63, 3.8) is 0 Å². The van der Waals surface area contributed by atoms with Crippen LogP contribution in [0.4, 0.5) is 14.5 Å². The highest BCUT2D eigenvalue weighted by atomic mass is 79.9. The minimum Gasteiger partial charge on any atom is -0.279 e. The predicted molar refractivity (Wildman–Crippen MR) is 71.3 cm³/mol. The van der Waals surface area contributed by atoms with Gasteiger partial charge in [0.15, 0.2) is 0 Å². The summed E-state index contributed by atoms with van der Waals surface area (Å²) >= 11 is 3.11. The van der Waals surface area contributed by atoms with Crippen molar-refractivity contribution in [2.24, 2.45) is 0 Å². The number of benzene rings is 2. The molecule has 0 aliphatic carbocycles. The van der Waals surface area contributed by atoms with E-state index in [9.17, 15) is 17.2 Å². The van der Waals surface area contributed by atoms with Gasteiger partial charge in [-0.1, -0.05) is 12.1 Å². The number of sulfonamides is 1. The van der Waals surface area contributed by atoms with Crippen LogP contribution in [0.15, 0.2) is 51.8 Å². The minimum absolute atomic E-state index is 0.0142. The molecule has 0 fully saturated rings. The van der Waals surface area contributed by atoms with Gasteiger partial charge in [0.2, 0.25) is 0 Å². The second-order valence-corrected chi connectivity index (χ2v) is 6.20. The van der Waals surface area contributed by atoms with Crippen LogP contribution in [0.5, 0.6) is 0 Å². The van der Waals surface area contributed by atoms with E-state index in [1.807, 2.05) is 0 Å². The molecule has 0 aromatic heterocycles. The molecule has 0 amide bonds. The van der Waals surface area contributed by atoms with Crippen LogP contribution in [0.2, 0.25) is 0 Å². The lowest BCUT2D eigenvalue weighted by molar-refractivity contribution is 0.584. The van der Waals surface area contributed by atoms with Crippen molar-refractivity contribution in [3.05, 3.63) is 58.6 Å². The van der Waals surface area contributed by atoms with Gasteiger partial charge in [-0.15, -0.1) is 0 Å². The van der Waals surface area contributed by atoms with E-state index >= 15 is 0 Å². The molecule has 7 heteroatoms. The quantitative estimate of drug-likeness (QED) is 0.923. The standard InChI is InChI=1S/C12H8BrF2NO2S/c13-11-3-1-2-4-12(11)19(17,18)16-10-6-8(14)5-9(15)7-10/h1-7,16H. The van der Waals surface area contributed by atoms with Crippen LogP contribution in [0, 0.1) is 11.6 Å². The van der Waals surface area contributed by atoms with Crippen LogP contribution in [0.3, 0.4) is 0 Å². The lowest BCUT2D eigenvalue weighted by Crippen LogP contribution is -2.13. The molecular formula is C12H8BrF2NO2S. The van der Waals surface area contributed by atoms with Crippen LogP contribution in [-0.2, 0) is 10.0 Å². The van der Waals surface area contributed by atoms with Gasteiger partial charge in [0.1, 0.15) is 16.5 Å². The summed E-state index contributed by atoms with van der Waals surface area (Å²) < 4.78 is 52.6. The summed E-state index contributed by atoms with van der Waals surface area (Å²) in [6.07, 6.45) is 0. The van der Waals surface area contributed by atoms with E-state index in [4.69, 9.17) is 0 Å². The van der Waals surface area contributed by atoms with Crippen molar-refractivity contribution in [3.8, 4) is 0 Å². The molecule has 0 bridgehead atoms. The van der Waals surface area contributed by atoms with Crippen molar-refractivity contribution < 1.29 is 17.2 Å². The molecule has 1 N–H and O–H groups in total. The molecule has 19 heavy (non-hydrogen) atoms. The van der Waals surface area contributed by atoms with Gasteiger partial charge in [0.25, 0.3) is 10.0 Å². The number of hydrogen-bond acceptors (Lipinski definition) is 2. The highest BCUT2D eigenvalue weighted by Crippen LogP contribution is 2.24. The van der Waals surface area contributed by atoms with Crippen LogP contribution in [0.25, 0.3) is 0 Å². The summed E-state index contributed by atoms with van der Waals surface area (Å²) in [5, 5.41) is 0. The van der Waals surface area contributed by atoms with Gasteiger partial charge in [-0.05, 0) is 40.2 Å². The molecule has 2 aromatic rings. The highest BCUT2D eigenvalue weighted by molar-refractivity contribution is 9.10. The molecule has 0 unspecified atom stereocenters. The topological polar surface area (TPSA) is 46.2 Å².